The summed E-state index contributed by atoms with van der Waals surface area (Å²) in [6.07, 6.45) is 0.463. The molecule has 2 heterocycles. The maximum Gasteiger partial charge on any atom is 0.227 e. The second-order valence-corrected chi connectivity index (χ2v) is 8.49. The van der Waals surface area contributed by atoms with Gasteiger partial charge in [0.2, 0.25) is 5.91 Å². The number of amides is 1. The van der Waals surface area contributed by atoms with Crippen molar-refractivity contribution in [2.75, 3.05) is 38.0 Å². The Labute approximate surface area is 186 Å². The lowest BCUT2D eigenvalue weighted by atomic mass is 10.1. The highest BCUT2D eigenvalue weighted by Crippen LogP contribution is 2.24. The molecule has 4 rings (SSSR count). The molecule has 1 N–H and O–H groups in total. The lowest BCUT2D eigenvalue weighted by molar-refractivity contribution is -0.116. The molecule has 0 saturated carbocycles. The third-order valence-electron chi connectivity index (χ3n) is 5.40. The predicted octanol–water partition coefficient (Wildman–Crippen LogP) is 3.83. The van der Waals surface area contributed by atoms with Gasteiger partial charge in [-0.1, -0.05) is 42.5 Å². The Morgan fingerprint density at radius 1 is 1.06 bits per heavy atom. The van der Waals surface area contributed by atoms with Crippen LogP contribution in [0, 0.1) is 11.3 Å². The highest BCUT2D eigenvalue weighted by atomic mass is 32.1. The molecule has 7 heteroatoms. The van der Waals surface area contributed by atoms with E-state index in [9.17, 15) is 4.79 Å². The largest absolute Gasteiger partial charge is 0.302 e. The second kappa shape index (κ2) is 10.3. The Hall–Kier alpha value is -3.05. The number of rotatable bonds is 7. The number of nitriles is 1. The molecule has 6 nitrogen and oxygen atoms in total. The number of aromatic nitrogens is 1. The normalized spacial score (nSPS) is 14.8. The molecule has 0 aliphatic carbocycles. The number of benzene rings is 2. The van der Waals surface area contributed by atoms with Crippen molar-refractivity contribution in [2.45, 2.75) is 13.0 Å². The molecule has 1 saturated heterocycles. The fourth-order valence-corrected chi connectivity index (χ4v) is 4.42. The Morgan fingerprint density at radius 2 is 1.84 bits per heavy atom. The summed E-state index contributed by atoms with van der Waals surface area (Å²) in [7, 11) is 0. The van der Waals surface area contributed by atoms with E-state index < -0.39 is 0 Å². The third-order valence-corrected chi connectivity index (χ3v) is 6.16. The van der Waals surface area contributed by atoms with E-state index in [0.29, 0.717) is 17.1 Å². The maximum atomic E-state index is 12.4. The fourth-order valence-electron chi connectivity index (χ4n) is 3.68. The van der Waals surface area contributed by atoms with Gasteiger partial charge in [0.1, 0.15) is 0 Å². The minimum atomic E-state index is 0.00436. The minimum absolute atomic E-state index is 0.00436. The van der Waals surface area contributed by atoms with Crippen molar-refractivity contribution in [3.05, 3.63) is 71.1 Å². The first kappa shape index (κ1) is 21.2. The van der Waals surface area contributed by atoms with Crippen LogP contribution in [0.1, 0.15) is 17.5 Å². The van der Waals surface area contributed by atoms with Gasteiger partial charge in [-0.15, -0.1) is 11.3 Å². The zero-order chi connectivity index (χ0) is 21.5. The van der Waals surface area contributed by atoms with E-state index in [1.165, 1.54) is 16.9 Å². The van der Waals surface area contributed by atoms with Gasteiger partial charge in [0.25, 0.3) is 0 Å². The number of nitrogens with zero attached hydrogens (tertiary/aromatic N) is 4. The van der Waals surface area contributed by atoms with Gasteiger partial charge in [0.05, 0.1) is 17.3 Å². The Balaban J connectivity index is 1.19. The van der Waals surface area contributed by atoms with Gasteiger partial charge in [-0.2, -0.15) is 5.26 Å². The van der Waals surface area contributed by atoms with Crippen molar-refractivity contribution < 1.29 is 4.79 Å². The van der Waals surface area contributed by atoms with Crippen LogP contribution in [0.2, 0.25) is 0 Å². The molecular weight excluding hydrogens is 406 g/mol. The van der Waals surface area contributed by atoms with Gasteiger partial charge >= 0.3 is 0 Å². The van der Waals surface area contributed by atoms with Gasteiger partial charge in [0, 0.05) is 56.6 Å². The Kier molecular flexibility index (Phi) is 7.05. The summed E-state index contributed by atoms with van der Waals surface area (Å²) in [5, 5.41) is 14.6. The van der Waals surface area contributed by atoms with Gasteiger partial charge in [-0.05, 0) is 17.7 Å². The molecule has 3 aromatic rings. The number of thiazole rings is 1. The lowest BCUT2D eigenvalue weighted by Gasteiger charge is -2.34. The highest BCUT2D eigenvalue weighted by molar-refractivity contribution is 7.14. The summed E-state index contributed by atoms with van der Waals surface area (Å²) < 4.78 is 0. The maximum absolute atomic E-state index is 12.4. The predicted molar refractivity (Wildman–Crippen MR) is 124 cm³/mol. The molecule has 0 unspecified atom stereocenters. The van der Waals surface area contributed by atoms with E-state index in [-0.39, 0.29) is 5.91 Å². The van der Waals surface area contributed by atoms with Crippen LogP contribution >= 0.6 is 11.3 Å². The van der Waals surface area contributed by atoms with E-state index in [0.717, 1.165) is 50.5 Å². The first-order valence-corrected chi connectivity index (χ1v) is 11.3. The van der Waals surface area contributed by atoms with Crippen LogP contribution in [0.25, 0.3) is 11.3 Å². The minimum Gasteiger partial charge on any atom is -0.302 e. The molecule has 0 spiro atoms. The van der Waals surface area contributed by atoms with Crippen molar-refractivity contribution in [3.8, 4) is 17.3 Å². The van der Waals surface area contributed by atoms with Crippen LogP contribution in [0.4, 0.5) is 5.13 Å². The number of nitrogens with one attached hydrogen (secondary N) is 1. The molecule has 1 fully saturated rings. The van der Waals surface area contributed by atoms with Crippen molar-refractivity contribution in [3.63, 3.8) is 0 Å². The van der Waals surface area contributed by atoms with Crippen LogP contribution in [-0.2, 0) is 11.3 Å². The number of carbonyl (C=O) groups is 1. The molecule has 31 heavy (non-hydrogen) atoms. The van der Waals surface area contributed by atoms with Crippen molar-refractivity contribution in [1.82, 2.24) is 14.8 Å². The molecular formula is C24H25N5OS. The van der Waals surface area contributed by atoms with Crippen LogP contribution in [0.5, 0.6) is 0 Å². The van der Waals surface area contributed by atoms with Gasteiger partial charge in [-0.25, -0.2) is 4.98 Å². The Morgan fingerprint density at radius 3 is 2.61 bits per heavy atom. The summed E-state index contributed by atoms with van der Waals surface area (Å²) in [6.45, 7) is 5.43. The summed E-state index contributed by atoms with van der Waals surface area (Å²) in [5.74, 6) is 0.00436. The van der Waals surface area contributed by atoms with Crippen molar-refractivity contribution >= 4 is 22.4 Å². The summed E-state index contributed by atoms with van der Waals surface area (Å²) >= 11 is 1.45. The number of hydrogen-bond acceptors (Lipinski definition) is 6. The van der Waals surface area contributed by atoms with E-state index in [1.54, 1.807) is 0 Å². The first-order valence-electron chi connectivity index (χ1n) is 10.4. The number of hydrogen-bond donors (Lipinski definition) is 1. The summed E-state index contributed by atoms with van der Waals surface area (Å²) in [5.41, 5.74) is 3.82. The van der Waals surface area contributed by atoms with E-state index >= 15 is 0 Å². The number of anilines is 1. The van der Waals surface area contributed by atoms with Crippen molar-refractivity contribution in [1.29, 1.82) is 5.26 Å². The molecule has 0 radical (unpaired) electrons. The summed E-state index contributed by atoms with van der Waals surface area (Å²) in [6, 6.07) is 20.0. The molecule has 2 aromatic carbocycles. The zero-order valence-electron chi connectivity index (χ0n) is 17.3. The number of piperazine rings is 1. The second-order valence-electron chi connectivity index (χ2n) is 7.63. The zero-order valence-corrected chi connectivity index (χ0v) is 18.1. The topological polar surface area (TPSA) is 72.3 Å². The van der Waals surface area contributed by atoms with Crippen LogP contribution in [0.3, 0.4) is 0 Å². The SMILES string of the molecule is N#Cc1cccc(CN2CCN(CCC(=O)Nc3nc(-c4ccccc4)cs3)CC2)c1. The quantitative estimate of drug-likeness (QED) is 0.616. The van der Waals surface area contributed by atoms with E-state index in [1.807, 2.05) is 53.9 Å². The van der Waals surface area contributed by atoms with E-state index in [2.05, 4.69) is 32.2 Å². The summed E-state index contributed by atoms with van der Waals surface area (Å²) in [4.78, 5) is 21.6. The molecule has 1 amide bonds. The van der Waals surface area contributed by atoms with E-state index in [4.69, 9.17) is 5.26 Å². The molecule has 1 aromatic heterocycles. The van der Waals surface area contributed by atoms with Crippen LogP contribution < -0.4 is 5.32 Å². The first-order chi connectivity index (χ1) is 15.2. The van der Waals surface area contributed by atoms with Gasteiger partial charge in [-0.3, -0.25) is 9.69 Å². The lowest BCUT2D eigenvalue weighted by Crippen LogP contribution is -2.46. The standard InChI is InChI=1S/C24H25N5OS/c25-16-19-5-4-6-20(15-19)17-29-13-11-28(12-14-29)10-9-23(30)27-24-26-22(18-31-24)21-7-2-1-3-8-21/h1-8,15,18H,9-14,17H2,(H,26,27,30). The molecule has 0 bridgehead atoms. The van der Waals surface area contributed by atoms with Crippen LogP contribution in [-0.4, -0.2) is 53.4 Å². The monoisotopic (exact) mass is 431 g/mol. The molecule has 1 aliphatic rings. The highest BCUT2D eigenvalue weighted by Gasteiger charge is 2.18. The molecule has 1 aliphatic heterocycles. The average Bonchev–Trinajstić information content (AvgIpc) is 3.28. The molecule has 0 atom stereocenters. The van der Waals surface area contributed by atoms with Crippen LogP contribution in [0.15, 0.2) is 60.0 Å². The van der Waals surface area contributed by atoms with Crippen molar-refractivity contribution in [2.24, 2.45) is 0 Å². The third kappa shape index (κ3) is 5.98. The van der Waals surface area contributed by atoms with Gasteiger partial charge in [0.15, 0.2) is 5.13 Å². The molecule has 158 valence electrons. The average molecular weight is 432 g/mol. The number of carbonyl (C=O) groups excluding carboxylic acids is 1. The Bertz CT molecular complexity index is 1050. The smallest absolute Gasteiger partial charge is 0.227 e. The van der Waals surface area contributed by atoms with Gasteiger partial charge < -0.3 is 10.2 Å². The fraction of sp³-hybridized carbons (Fsp3) is 0.292.